The minimum absolute atomic E-state index is 0.0127. The van der Waals surface area contributed by atoms with Crippen LogP contribution < -0.4 is 0 Å². The van der Waals surface area contributed by atoms with Crippen LogP contribution in [-0.2, 0) is 0 Å². The summed E-state index contributed by atoms with van der Waals surface area (Å²) in [5.74, 6) is -1.13. The van der Waals surface area contributed by atoms with Crippen LogP contribution in [-0.4, -0.2) is 38.9 Å². The van der Waals surface area contributed by atoms with E-state index >= 15 is 0 Å². The second-order valence-corrected chi connectivity index (χ2v) is 4.19. The predicted molar refractivity (Wildman–Crippen MR) is 58.7 cm³/mol. The minimum Gasteiger partial charge on any atom is -0.477 e. The van der Waals surface area contributed by atoms with Crippen molar-refractivity contribution < 1.29 is 20.1 Å². The number of rotatable bonds is 6. The average Bonchev–Trinajstić information content (AvgIpc) is 2.77. The number of nitrogens with zero attached hydrogens (tertiary/aromatic N) is 4. The van der Waals surface area contributed by atoms with Crippen molar-refractivity contribution >= 4 is 17.3 Å². The summed E-state index contributed by atoms with van der Waals surface area (Å²) >= 11 is 0.793. The van der Waals surface area contributed by atoms with Crippen molar-refractivity contribution in [2.24, 2.45) is 5.11 Å². The van der Waals surface area contributed by atoms with Gasteiger partial charge in [0.05, 0.1) is 12.3 Å². The molecule has 3 N–H and O–H groups in total. The number of carbonyl (C=O) groups is 1. The maximum absolute atomic E-state index is 10.6. The van der Waals surface area contributed by atoms with Crippen LogP contribution >= 0.6 is 11.3 Å². The molecular formula is C8H10N4O4S. The van der Waals surface area contributed by atoms with E-state index in [1.165, 1.54) is 0 Å². The zero-order valence-corrected chi connectivity index (χ0v) is 9.41. The Bertz CT molecular complexity index is 442. The zero-order chi connectivity index (χ0) is 12.8. The summed E-state index contributed by atoms with van der Waals surface area (Å²) in [4.78, 5) is 16.8. The third-order valence-corrected chi connectivity index (χ3v) is 3.00. The van der Waals surface area contributed by atoms with E-state index in [-0.39, 0.29) is 22.9 Å². The predicted octanol–water partition coefficient (Wildman–Crippen LogP) is 0.936. The molecule has 9 heteroatoms. The third kappa shape index (κ3) is 3.68. The molecule has 0 aliphatic carbocycles. The van der Waals surface area contributed by atoms with Gasteiger partial charge < -0.3 is 15.3 Å². The lowest BCUT2D eigenvalue weighted by atomic mass is 10.1. The van der Waals surface area contributed by atoms with Gasteiger partial charge in [-0.15, -0.1) is 11.3 Å². The Hall–Kier alpha value is -1.67. The van der Waals surface area contributed by atoms with Gasteiger partial charge >= 0.3 is 5.97 Å². The van der Waals surface area contributed by atoms with Crippen molar-refractivity contribution in [1.82, 2.24) is 4.98 Å². The normalized spacial score (nSPS) is 13.8. The number of carboxylic acids is 1. The molecule has 0 saturated carbocycles. The minimum atomic E-state index is -1.28. The van der Waals surface area contributed by atoms with Crippen LogP contribution in [0, 0.1) is 0 Å². The molecule has 0 aliphatic rings. The van der Waals surface area contributed by atoms with Gasteiger partial charge in [0.2, 0.25) is 0 Å². The van der Waals surface area contributed by atoms with Gasteiger partial charge in [-0.2, -0.15) is 0 Å². The molecule has 1 aromatic rings. The van der Waals surface area contributed by atoms with E-state index in [9.17, 15) is 15.0 Å². The molecular weight excluding hydrogens is 248 g/mol. The number of aliphatic hydroxyl groups is 2. The summed E-state index contributed by atoms with van der Waals surface area (Å²) in [5.41, 5.74) is 8.04. The van der Waals surface area contributed by atoms with E-state index in [2.05, 4.69) is 15.0 Å². The first-order valence-corrected chi connectivity index (χ1v) is 5.44. The molecule has 2 unspecified atom stereocenters. The zero-order valence-electron chi connectivity index (χ0n) is 8.59. The molecule has 92 valence electrons. The highest BCUT2D eigenvalue weighted by atomic mass is 32.1. The highest BCUT2D eigenvalue weighted by Crippen LogP contribution is 2.24. The van der Waals surface area contributed by atoms with E-state index in [4.69, 9.17) is 10.6 Å². The summed E-state index contributed by atoms with van der Waals surface area (Å²) in [7, 11) is 0. The van der Waals surface area contributed by atoms with Crippen molar-refractivity contribution in [3.63, 3.8) is 0 Å². The first-order chi connectivity index (χ1) is 8.06. The Balaban J connectivity index is 2.64. The third-order valence-electron chi connectivity index (χ3n) is 1.94. The SMILES string of the molecule is [N-]=[N+]=NCCC(O)C(O)c1ncc(C(=O)O)s1. The van der Waals surface area contributed by atoms with Gasteiger partial charge in [-0.1, -0.05) is 5.11 Å². The van der Waals surface area contributed by atoms with Crippen LogP contribution in [0.4, 0.5) is 0 Å². The second kappa shape index (κ2) is 6.16. The Morgan fingerprint density at radius 2 is 2.35 bits per heavy atom. The number of thiazole rings is 1. The summed E-state index contributed by atoms with van der Waals surface area (Å²) in [6.07, 6.45) is -1.23. The first-order valence-electron chi connectivity index (χ1n) is 4.62. The topological polar surface area (TPSA) is 139 Å². The standard InChI is InChI=1S/C8H10N4O4S/c9-12-11-2-1-4(13)6(14)7-10-3-5(17-7)8(15)16/h3-4,6,13-14H,1-2H2,(H,15,16). The maximum Gasteiger partial charge on any atom is 0.347 e. The van der Waals surface area contributed by atoms with Crippen molar-refractivity contribution in [3.05, 3.63) is 26.5 Å². The molecule has 0 aromatic carbocycles. The van der Waals surface area contributed by atoms with E-state index in [0.29, 0.717) is 0 Å². The van der Waals surface area contributed by atoms with Crippen molar-refractivity contribution in [3.8, 4) is 0 Å². The molecule has 0 fully saturated rings. The Morgan fingerprint density at radius 3 is 2.88 bits per heavy atom. The summed E-state index contributed by atoms with van der Waals surface area (Å²) in [5, 5.41) is 31.2. The Morgan fingerprint density at radius 1 is 1.65 bits per heavy atom. The molecule has 0 spiro atoms. The van der Waals surface area contributed by atoms with Crippen LogP contribution in [0.5, 0.6) is 0 Å². The van der Waals surface area contributed by atoms with Crippen molar-refractivity contribution in [2.45, 2.75) is 18.6 Å². The number of aromatic nitrogens is 1. The number of hydrogen-bond acceptors (Lipinski definition) is 6. The largest absolute Gasteiger partial charge is 0.477 e. The number of hydrogen-bond donors (Lipinski definition) is 3. The van der Waals surface area contributed by atoms with Crippen LogP contribution in [0.2, 0.25) is 0 Å². The van der Waals surface area contributed by atoms with Crippen LogP contribution in [0.3, 0.4) is 0 Å². The van der Waals surface area contributed by atoms with E-state index in [0.717, 1.165) is 17.5 Å². The number of aromatic carboxylic acids is 1. The molecule has 0 bridgehead atoms. The molecule has 1 aromatic heterocycles. The molecule has 0 radical (unpaired) electrons. The lowest BCUT2D eigenvalue weighted by Crippen LogP contribution is -2.18. The Kier molecular flexibility index (Phi) is 4.85. The van der Waals surface area contributed by atoms with Gasteiger partial charge in [0, 0.05) is 11.5 Å². The maximum atomic E-state index is 10.6. The van der Waals surface area contributed by atoms with Gasteiger partial charge in [-0.05, 0) is 12.0 Å². The van der Waals surface area contributed by atoms with Crippen molar-refractivity contribution in [2.75, 3.05) is 6.54 Å². The molecule has 0 saturated heterocycles. The van der Waals surface area contributed by atoms with Gasteiger partial charge in [0.15, 0.2) is 0 Å². The lowest BCUT2D eigenvalue weighted by molar-refractivity contribution is 0.0149. The van der Waals surface area contributed by atoms with E-state index in [1.807, 2.05) is 0 Å². The molecule has 2 atom stereocenters. The lowest BCUT2D eigenvalue weighted by Gasteiger charge is -2.13. The van der Waals surface area contributed by atoms with Crippen LogP contribution in [0.15, 0.2) is 11.3 Å². The summed E-state index contributed by atoms with van der Waals surface area (Å²) in [6, 6.07) is 0. The average molecular weight is 258 g/mol. The number of aliphatic hydroxyl groups excluding tert-OH is 2. The monoisotopic (exact) mass is 258 g/mol. The molecule has 0 amide bonds. The first kappa shape index (κ1) is 13.4. The van der Waals surface area contributed by atoms with Gasteiger partial charge in [0.25, 0.3) is 0 Å². The fourth-order valence-corrected chi connectivity index (χ4v) is 1.88. The molecule has 0 aliphatic heterocycles. The Labute approximate surface area is 99.8 Å². The highest BCUT2D eigenvalue weighted by Gasteiger charge is 2.22. The highest BCUT2D eigenvalue weighted by molar-refractivity contribution is 7.13. The fraction of sp³-hybridized carbons (Fsp3) is 0.500. The molecule has 17 heavy (non-hydrogen) atoms. The molecule has 8 nitrogen and oxygen atoms in total. The van der Waals surface area contributed by atoms with E-state index in [1.54, 1.807) is 0 Å². The fourth-order valence-electron chi connectivity index (χ4n) is 1.08. The van der Waals surface area contributed by atoms with E-state index < -0.39 is 18.2 Å². The van der Waals surface area contributed by atoms with Gasteiger partial charge in [-0.3, -0.25) is 0 Å². The quantitative estimate of drug-likeness (QED) is 0.395. The van der Waals surface area contributed by atoms with Gasteiger partial charge in [0.1, 0.15) is 16.0 Å². The smallest absolute Gasteiger partial charge is 0.347 e. The van der Waals surface area contributed by atoms with Crippen molar-refractivity contribution in [1.29, 1.82) is 0 Å². The molecule has 1 rings (SSSR count). The van der Waals surface area contributed by atoms with Crippen LogP contribution in [0.25, 0.3) is 10.4 Å². The van der Waals surface area contributed by atoms with Crippen LogP contribution in [0.1, 0.15) is 27.2 Å². The summed E-state index contributed by atoms with van der Waals surface area (Å²) in [6.45, 7) is 0.0475. The number of azide groups is 1. The summed E-state index contributed by atoms with van der Waals surface area (Å²) < 4.78 is 0. The molecule has 1 heterocycles. The van der Waals surface area contributed by atoms with Gasteiger partial charge in [-0.25, -0.2) is 9.78 Å². The second-order valence-electron chi connectivity index (χ2n) is 3.12. The number of carboxylic acid groups (broad SMARTS) is 1.